The van der Waals surface area contributed by atoms with E-state index in [0.717, 1.165) is 5.69 Å². The van der Waals surface area contributed by atoms with Gasteiger partial charge in [0.05, 0.1) is 18.3 Å². The Kier molecular flexibility index (Phi) is 3.66. The van der Waals surface area contributed by atoms with Gasteiger partial charge in [-0.3, -0.25) is 9.78 Å². The van der Waals surface area contributed by atoms with Crippen molar-refractivity contribution in [2.45, 2.75) is 26.3 Å². The summed E-state index contributed by atoms with van der Waals surface area (Å²) in [5.41, 5.74) is 6.87. The SMILES string of the molecule is CC(C)N(C)C(=O)Cc1ccc(N)cn1. The second-order valence-electron chi connectivity index (χ2n) is 3.86. The molecule has 0 radical (unpaired) electrons. The summed E-state index contributed by atoms with van der Waals surface area (Å²) in [7, 11) is 1.80. The molecule has 1 aromatic heterocycles. The lowest BCUT2D eigenvalue weighted by molar-refractivity contribution is -0.130. The van der Waals surface area contributed by atoms with Gasteiger partial charge in [-0.05, 0) is 26.0 Å². The highest BCUT2D eigenvalue weighted by molar-refractivity contribution is 5.78. The summed E-state index contributed by atoms with van der Waals surface area (Å²) in [6.45, 7) is 3.96. The number of rotatable bonds is 3. The Morgan fingerprint density at radius 2 is 2.20 bits per heavy atom. The van der Waals surface area contributed by atoms with Gasteiger partial charge in [0.1, 0.15) is 0 Å². The van der Waals surface area contributed by atoms with Gasteiger partial charge in [-0.2, -0.15) is 0 Å². The van der Waals surface area contributed by atoms with E-state index < -0.39 is 0 Å². The first-order valence-corrected chi connectivity index (χ1v) is 4.96. The highest BCUT2D eigenvalue weighted by Crippen LogP contribution is 2.04. The Morgan fingerprint density at radius 1 is 1.53 bits per heavy atom. The highest BCUT2D eigenvalue weighted by Gasteiger charge is 2.12. The Bertz CT molecular complexity index is 332. The molecule has 82 valence electrons. The molecule has 0 aromatic carbocycles. The van der Waals surface area contributed by atoms with Crippen molar-refractivity contribution < 1.29 is 4.79 Å². The third-order valence-electron chi connectivity index (χ3n) is 2.35. The average molecular weight is 207 g/mol. The van der Waals surface area contributed by atoms with Crippen molar-refractivity contribution in [1.29, 1.82) is 0 Å². The van der Waals surface area contributed by atoms with Gasteiger partial charge in [0.15, 0.2) is 0 Å². The topological polar surface area (TPSA) is 59.2 Å². The van der Waals surface area contributed by atoms with E-state index in [1.807, 2.05) is 13.8 Å². The van der Waals surface area contributed by atoms with Crippen molar-refractivity contribution in [3.8, 4) is 0 Å². The molecule has 4 heteroatoms. The second kappa shape index (κ2) is 4.77. The lowest BCUT2D eigenvalue weighted by Gasteiger charge is -2.21. The van der Waals surface area contributed by atoms with Gasteiger partial charge in [-0.15, -0.1) is 0 Å². The van der Waals surface area contributed by atoms with Crippen LogP contribution in [0, 0.1) is 0 Å². The predicted molar refractivity (Wildman–Crippen MR) is 60.3 cm³/mol. The van der Waals surface area contributed by atoms with Crippen LogP contribution in [0.5, 0.6) is 0 Å². The number of aromatic nitrogens is 1. The molecule has 2 N–H and O–H groups in total. The molecular weight excluding hydrogens is 190 g/mol. The maximum absolute atomic E-state index is 11.7. The van der Waals surface area contributed by atoms with E-state index in [4.69, 9.17) is 5.73 Å². The number of hydrogen-bond acceptors (Lipinski definition) is 3. The fraction of sp³-hybridized carbons (Fsp3) is 0.455. The molecule has 1 aromatic rings. The van der Waals surface area contributed by atoms with E-state index in [-0.39, 0.29) is 11.9 Å². The molecule has 4 nitrogen and oxygen atoms in total. The largest absolute Gasteiger partial charge is 0.397 e. The fourth-order valence-electron chi connectivity index (χ4n) is 1.11. The summed E-state index contributed by atoms with van der Waals surface area (Å²) in [5, 5.41) is 0. The first-order valence-electron chi connectivity index (χ1n) is 4.96. The van der Waals surface area contributed by atoms with Crippen LogP contribution in [0.1, 0.15) is 19.5 Å². The number of carbonyl (C=O) groups excluding carboxylic acids is 1. The summed E-state index contributed by atoms with van der Waals surface area (Å²) in [5.74, 6) is 0.0715. The third-order valence-corrected chi connectivity index (χ3v) is 2.35. The number of likely N-dealkylation sites (N-methyl/N-ethyl adjacent to an activating group) is 1. The summed E-state index contributed by atoms with van der Waals surface area (Å²) in [6, 6.07) is 3.75. The van der Waals surface area contributed by atoms with Gasteiger partial charge in [0, 0.05) is 18.8 Å². The van der Waals surface area contributed by atoms with Gasteiger partial charge in [0.25, 0.3) is 0 Å². The standard InChI is InChI=1S/C11H17N3O/c1-8(2)14(3)11(15)6-10-5-4-9(12)7-13-10/h4-5,7-8H,6,12H2,1-3H3. The molecule has 0 atom stereocenters. The predicted octanol–water partition coefficient (Wildman–Crippen LogP) is 1.07. The summed E-state index contributed by atoms with van der Waals surface area (Å²) in [4.78, 5) is 17.5. The quantitative estimate of drug-likeness (QED) is 0.806. The molecule has 0 aliphatic heterocycles. The highest BCUT2D eigenvalue weighted by atomic mass is 16.2. The number of pyridine rings is 1. The Hall–Kier alpha value is -1.58. The minimum Gasteiger partial charge on any atom is -0.397 e. The van der Waals surface area contributed by atoms with Crippen molar-refractivity contribution in [1.82, 2.24) is 9.88 Å². The number of anilines is 1. The maximum Gasteiger partial charge on any atom is 0.228 e. The van der Waals surface area contributed by atoms with Gasteiger partial charge in [-0.25, -0.2) is 0 Å². The van der Waals surface area contributed by atoms with Crippen LogP contribution in [0.3, 0.4) is 0 Å². The summed E-state index contributed by atoms with van der Waals surface area (Å²) < 4.78 is 0. The minimum atomic E-state index is 0.0715. The molecule has 0 saturated heterocycles. The van der Waals surface area contributed by atoms with E-state index in [1.54, 1.807) is 30.3 Å². The zero-order valence-corrected chi connectivity index (χ0v) is 9.40. The van der Waals surface area contributed by atoms with Crippen LogP contribution in [0.2, 0.25) is 0 Å². The van der Waals surface area contributed by atoms with Crippen LogP contribution >= 0.6 is 0 Å². The molecule has 0 fully saturated rings. The van der Waals surface area contributed by atoms with E-state index in [1.165, 1.54) is 0 Å². The monoisotopic (exact) mass is 207 g/mol. The molecule has 15 heavy (non-hydrogen) atoms. The molecule has 1 rings (SSSR count). The first kappa shape index (κ1) is 11.5. The number of nitrogens with two attached hydrogens (primary N) is 1. The van der Waals surface area contributed by atoms with Crippen molar-refractivity contribution in [3.05, 3.63) is 24.0 Å². The van der Waals surface area contributed by atoms with Gasteiger partial charge in [-0.1, -0.05) is 0 Å². The van der Waals surface area contributed by atoms with Crippen LogP contribution < -0.4 is 5.73 Å². The second-order valence-corrected chi connectivity index (χ2v) is 3.86. The number of nitrogens with zero attached hydrogens (tertiary/aromatic N) is 2. The zero-order chi connectivity index (χ0) is 11.4. The van der Waals surface area contributed by atoms with Gasteiger partial charge < -0.3 is 10.6 Å². The average Bonchev–Trinajstić information content (AvgIpc) is 2.20. The fourth-order valence-corrected chi connectivity index (χ4v) is 1.11. The summed E-state index contributed by atoms with van der Waals surface area (Å²) >= 11 is 0. The molecule has 0 aliphatic carbocycles. The maximum atomic E-state index is 11.7. The summed E-state index contributed by atoms with van der Waals surface area (Å²) in [6.07, 6.45) is 1.90. The molecule has 1 heterocycles. The van der Waals surface area contributed by atoms with E-state index >= 15 is 0 Å². The van der Waals surface area contributed by atoms with Crippen molar-refractivity contribution in [3.63, 3.8) is 0 Å². The Labute approximate surface area is 90.1 Å². The van der Waals surface area contributed by atoms with E-state index in [0.29, 0.717) is 12.1 Å². The first-order chi connectivity index (χ1) is 7.00. The smallest absolute Gasteiger partial charge is 0.228 e. The van der Waals surface area contributed by atoms with Gasteiger partial charge in [0.2, 0.25) is 5.91 Å². The van der Waals surface area contributed by atoms with Crippen LogP contribution in [0.4, 0.5) is 5.69 Å². The van der Waals surface area contributed by atoms with Crippen LogP contribution in [0.15, 0.2) is 18.3 Å². The van der Waals surface area contributed by atoms with Gasteiger partial charge >= 0.3 is 0 Å². The van der Waals surface area contributed by atoms with Crippen LogP contribution in [-0.4, -0.2) is 28.9 Å². The number of amides is 1. The number of carbonyl (C=O) groups is 1. The minimum absolute atomic E-state index is 0.0715. The molecular formula is C11H17N3O. The van der Waals surface area contributed by atoms with Crippen LogP contribution in [-0.2, 0) is 11.2 Å². The van der Waals surface area contributed by atoms with Crippen molar-refractivity contribution in [2.75, 3.05) is 12.8 Å². The van der Waals surface area contributed by atoms with Crippen molar-refractivity contribution in [2.24, 2.45) is 0 Å². The normalized spacial score (nSPS) is 10.4. The molecule has 0 saturated carbocycles. The molecule has 0 spiro atoms. The Balaban J connectivity index is 2.62. The zero-order valence-electron chi connectivity index (χ0n) is 9.40. The number of hydrogen-bond donors (Lipinski definition) is 1. The van der Waals surface area contributed by atoms with E-state index in [2.05, 4.69) is 4.98 Å². The van der Waals surface area contributed by atoms with Crippen molar-refractivity contribution >= 4 is 11.6 Å². The molecule has 0 aliphatic rings. The Morgan fingerprint density at radius 3 is 2.67 bits per heavy atom. The lowest BCUT2D eigenvalue weighted by Crippen LogP contribution is -2.34. The molecule has 0 unspecified atom stereocenters. The van der Waals surface area contributed by atoms with E-state index in [9.17, 15) is 4.79 Å². The third kappa shape index (κ3) is 3.23. The molecule has 0 bridgehead atoms. The lowest BCUT2D eigenvalue weighted by atomic mass is 10.2. The van der Waals surface area contributed by atoms with Crippen LogP contribution in [0.25, 0.3) is 0 Å². The molecule has 1 amide bonds. The number of nitrogen functional groups attached to an aromatic ring is 1.